The highest BCUT2D eigenvalue weighted by Crippen LogP contribution is 2.79. The molecule has 1 aliphatic heterocycles. The van der Waals surface area contributed by atoms with Crippen LogP contribution in [0, 0.1) is 40.4 Å². The van der Waals surface area contributed by atoms with Crippen molar-refractivity contribution in [3.63, 3.8) is 0 Å². The van der Waals surface area contributed by atoms with Gasteiger partial charge in [0.2, 0.25) is 0 Å². The minimum Gasteiger partial charge on any atom is -0.462 e. The smallest absolute Gasteiger partial charge is 0.303 e. The van der Waals surface area contributed by atoms with Crippen LogP contribution in [-0.4, -0.2) is 73.0 Å². The first-order valence-corrected chi connectivity index (χ1v) is 13.8. The number of fused-ring (bicyclic) bond motifs is 2. The molecule has 6 rings (SSSR count). The summed E-state index contributed by atoms with van der Waals surface area (Å²) in [5.41, 5.74) is -0.914. The lowest BCUT2D eigenvalue weighted by Gasteiger charge is -2.69. The number of nitrogens with zero attached hydrogens (tertiary/aromatic N) is 1. The normalized spacial score (nSPS) is 52.0. The van der Waals surface area contributed by atoms with Gasteiger partial charge in [0.25, 0.3) is 0 Å². The summed E-state index contributed by atoms with van der Waals surface area (Å²) < 4.78 is 24.9. The van der Waals surface area contributed by atoms with Gasteiger partial charge in [0.1, 0.15) is 17.8 Å². The molecule has 1 saturated heterocycles. The summed E-state index contributed by atoms with van der Waals surface area (Å²) in [6.07, 6.45) is 3.54. The zero-order valence-electron chi connectivity index (χ0n) is 22.5. The molecular formula is C28H41NO7. The number of ether oxygens (including phenoxy) is 4. The molecule has 6 aliphatic rings. The number of hydrogen-bond donors (Lipinski definition) is 0. The van der Waals surface area contributed by atoms with Gasteiger partial charge in [-0.05, 0) is 49.5 Å². The van der Waals surface area contributed by atoms with E-state index in [0.717, 1.165) is 38.8 Å². The molecule has 8 nitrogen and oxygen atoms in total. The molecule has 0 unspecified atom stereocenters. The zero-order chi connectivity index (χ0) is 25.8. The van der Waals surface area contributed by atoms with E-state index in [4.69, 9.17) is 18.9 Å². The van der Waals surface area contributed by atoms with Gasteiger partial charge in [-0.15, -0.1) is 0 Å². The van der Waals surface area contributed by atoms with Gasteiger partial charge >= 0.3 is 17.9 Å². The van der Waals surface area contributed by atoms with Crippen LogP contribution in [0.5, 0.6) is 0 Å². The van der Waals surface area contributed by atoms with Gasteiger partial charge in [0.05, 0.1) is 6.10 Å². The average molecular weight is 504 g/mol. The van der Waals surface area contributed by atoms with E-state index in [-0.39, 0.29) is 76.8 Å². The van der Waals surface area contributed by atoms with Gasteiger partial charge in [0.15, 0.2) is 0 Å². The van der Waals surface area contributed by atoms with E-state index in [9.17, 15) is 14.4 Å². The molecule has 5 aliphatic carbocycles. The lowest BCUT2D eigenvalue weighted by molar-refractivity contribution is -0.275. The molecule has 0 N–H and O–H groups in total. The van der Waals surface area contributed by atoms with Crippen molar-refractivity contribution in [1.29, 1.82) is 0 Å². The maximum Gasteiger partial charge on any atom is 0.303 e. The minimum absolute atomic E-state index is 0.0354. The van der Waals surface area contributed by atoms with E-state index in [1.165, 1.54) is 20.8 Å². The lowest BCUT2D eigenvalue weighted by Crippen LogP contribution is -2.76. The van der Waals surface area contributed by atoms with Crippen LogP contribution < -0.4 is 0 Å². The van der Waals surface area contributed by atoms with E-state index >= 15 is 0 Å². The Morgan fingerprint density at radius 1 is 1.00 bits per heavy atom. The fourth-order valence-corrected chi connectivity index (χ4v) is 11.1. The summed E-state index contributed by atoms with van der Waals surface area (Å²) in [6, 6.07) is 0.151. The molecule has 7 bridgehead atoms. The molecule has 36 heavy (non-hydrogen) atoms. The van der Waals surface area contributed by atoms with Crippen LogP contribution in [0.15, 0.2) is 0 Å². The predicted molar refractivity (Wildman–Crippen MR) is 129 cm³/mol. The Bertz CT molecular complexity index is 985. The van der Waals surface area contributed by atoms with Crippen molar-refractivity contribution in [3.05, 3.63) is 0 Å². The molecule has 1 spiro atoms. The van der Waals surface area contributed by atoms with Crippen LogP contribution in [0.3, 0.4) is 0 Å². The third kappa shape index (κ3) is 2.86. The Morgan fingerprint density at radius 3 is 2.33 bits per heavy atom. The van der Waals surface area contributed by atoms with Crippen molar-refractivity contribution in [2.24, 2.45) is 40.4 Å². The van der Waals surface area contributed by atoms with Crippen molar-refractivity contribution in [3.8, 4) is 0 Å². The maximum absolute atomic E-state index is 12.8. The molecule has 0 aromatic carbocycles. The molecule has 12 atom stereocenters. The van der Waals surface area contributed by atoms with Gasteiger partial charge in [-0.25, -0.2) is 0 Å². The monoisotopic (exact) mass is 503 g/mol. The molecule has 8 heteroatoms. The van der Waals surface area contributed by atoms with Crippen LogP contribution in [0.25, 0.3) is 0 Å². The van der Waals surface area contributed by atoms with Crippen molar-refractivity contribution < 1.29 is 33.3 Å². The second-order valence-corrected chi connectivity index (χ2v) is 12.8. The average Bonchev–Trinajstić information content (AvgIpc) is 3.23. The zero-order valence-corrected chi connectivity index (χ0v) is 22.5. The largest absolute Gasteiger partial charge is 0.462 e. The van der Waals surface area contributed by atoms with Gasteiger partial charge in [-0.2, -0.15) is 0 Å². The highest BCUT2D eigenvalue weighted by molar-refractivity contribution is 5.68. The molecule has 5 saturated carbocycles. The van der Waals surface area contributed by atoms with Crippen molar-refractivity contribution in [1.82, 2.24) is 4.90 Å². The molecule has 6 fully saturated rings. The van der Waals surface area contributed by atoms with E-state index in [1.807, 2.05) is 0 Å². The number of esters is 3. The third-order valence-corrected chi connectivity index (χ3v) is 11.5. The Hall–Kier alpha value is -1.67. The maximum atomic E-state index is 12.8. The van der Waals surface area contributed by atoms with Crippen molar-refractivity contribution >= 4 is 17.9 Å². The van der Waals surface area contributed by atoms with E-state index in [0.29, 0.717) is 12.3 Å². The highest BCUT2D eigenvalue weighted by Gasteiger charge is 2.85. The summed E-state index contributed by atoms with van der Waals surface area (Å²) in [5, 5.41) is 0. The fraction of sp³-hybridized carbons (Fsp3) is 0.893. The summed E-state index contributed by atoms with van der Waals surface area (Å²) in [4.78, 5) is 40.2. The Morgan fingerprint density at radius 2 is 1.72 bits per heavy atom. The standard InChI is InChI=1S/C28H41NO7/c1-7-29-13-26(5)9-8-22(34-14(2)30)28-18-10-17-20(33-6)12-27(36-16(4)32,19(25(28)29)11-21(26)28)23(18)24(17)35-15(3)31/h17-25H,7-13H2,1-6H3/t17-,18-,19+,20+,21-,22+,23-,24+,25-,26+,27+,28-/m1/s1. The Labute approximate surface area is 213 Å². The number of rotatable bonds is 5. The summed E-state index contributed by atoms with van der Waals surface area (Å²) in [6.45, 7) is 11.0. The number of hydrogen-bond acceptors (Lipinski definition) is 8. The first kappa shape index (κ1) is 24.7. The number of piperidine rings is 1. The number of likely N-dealkylation sites (tertiary alicyclic amines) is 1. The van der Waals surface area contributed by atoms with Crippen LogP contribution in [-0.2, 0) is 33.3 Å². The van der Waals surface area contributed by atoms with Gasteiger partial charge < -0.3 is 18.9 Å². The second kappa shape index (κ2) is 7.92. The predicted octanol–water partition coefficient (Wildman–Crippen LogP) is 2.96. The fourth-order valence-electron chi connectivity index (χ4n) is 11.1. The Kier molecular flexibility index (Phi) is 5.42. The highest BCUT2D eigenvalue weighted by atomic mass is 16.6. The lowest BCUT2D eigenvalue weighted by atomic mass is 9.43. The van der Waals surface area contributed by atoms with Crippen LogP contribution >= 0.6 is 0 Å². The van der Waals surface area contributed by atoms with Gasteiger partial charge in [-0.1, -0.05) is 13.8 Å². The van der Waals surface area contributed by atoms with E-state index in [1.54, 1.807) is 7.11 Å². The molecule has 0 aromatic heterocycles. The summed E-state index contributed by atoms with van der Waals surface area (Å²) in [7, 11) is 1.71. The third-order valence-electron chi connectivity index (χ3n) is 11.5. The first-order valence-electron chi connectivity index (χ1n) is 13.8. The summed E-state index contributed by atoms with van der Waals surface area (Å²) >= 11 is 0. The molecule has 1 heterocycles. The number of carbonyl (C=O) groups excluding carboxylic acids is 3. The van der Waals surface area contributed by atoms with E-state index in [2.05, 4.69) is 18.7 Å². The minimum atomic E-state index is -0.767. The van der Waals surface area contributed by atoms with Crippen molar-refractivity contribution in [2.45, 2.75) is 96.7 Å². The first-order chi connectivity index (χ1) is 17.0. The topological polar surface area (TPSA) is 91.4 Å². The molecule has 200 valence electrons. The van der Waals surface area contributed by atoms with E-state index < -0.39 is 5.60 Å². The van der Waals surface area contributed by atoms with Crippen LogP contribution in [0.2, 0.25) is 0 Å². The quantitative estimate of drug-likeness (QED) is 0.418. The number of methoxy groups -OCH3 is 1. The van der Waals surface area contributed by atoms with Crippen LogP contribution in [0.4, 0.5) is 0 Å². The molecule has 0 amide bonds. The SMILES string of the molecule is CCN1C[C@]2(C)CC[C@H](OC(C)=O)[C@@]34[C@@H]5C[C@H]6[C@H](OC(C)=O)[C@@H]5[C@](OC(C)=O)(C[C@@H]6OC)[C@@H](C[C@H]23)[C@@H]14. The van der Waals surface area contributed by atoms with Crippen molar-refractivity contribution in [2.75, 3.05) is 20.2 Å². The Balaban J connectivity index is 1.61. The number of carbonyl (C=O) groups is 3. The second-order valence-electron chi connectivity index (χ2n) is 12.8. The van der Waals surface area contributed by atoms with Gasteiger partial charge in [-0.3, -0.25) is 19.3 Å². The summed E-state index contributed by atoms with van der Waals surface area (Å²) in [5.74, 6) is -0.373. The van der Waals surface area contributed by atoms with Gasteiger partial charge in [0, 0.05) is 70.1 Å². The molecule has 0 radical (unpaired) electrons. The molecule has 0 aromatic rings. The molecular weight excluding hydrogens is 462 g/mol. The van der Waals surface area contributed by atoms with Crippen LogP contribution in [0.1, 0.15) is 66.7 Å².